The minimum Gasteiger partial charge on any atom is -0.492 e. The van der Waals surface area contributed by atoms with Crippen LogP contribution in [0.2, 0.25) is 0 Å². The molecule has 0 saturated heterocycles. The third-order valence-corrected chi connectivity index (χ3v) is 3.51. The summed E-state index contributed by atoms with van der Waals surface area (Å²) in [5, 5.41) is 8.94. The van der Waals surface area contributed by atoms with Crippen LogP contribution in [-0.4, -0.2) is 42.2 Å². The van der Waals surface area contributed by atoms with Crippen LogP contribution in [0.5, 0.6) is 5.75 Å². The lowest BCUT2D eigenvalue weighted by molar-refractivity contribution is 0.0696. The standard InChI is InChI=1S/C16H23NO3/c1-2-8-17(12-13-6-7-13)9-10-20-15-5-3-4-14(11-15)16(18)19/h3-5,11,13H,2,6-10,12H2,1H3,(H,18,19). The fourth-order valence-electron chi connectivity index (χ4n) is 2.29. The first-order chi connectivity index (χ1) is 9.69. The summed E-state index contributed by atoms with van der Waals surface area (Å²) in [5.41, 5.74) is 0.269. The Morgan fingerprint density at radius 2 is 2.20 bits per heavy atom. The van der Waals surface area contributed by atoms with Crippen molar-refractivity contribution in [1.82, 2.24) is 4.90 Å². The van der Waals surface area contributed by atoms with Crippen LogP contribution in [0.4, 0.5) is 0 Å². The predicted octanol–water partition coefficient (Wildman–Crippen LogP) is 2.89. The average Bonchev–Trinajstić information content (AvgIpc) is 3.23. The molecule has 0 spiro atoms. The smallest absolute Gasteiger partial charge is 0.335 e. The molecule has 2 rings (SSSR count). The summed E-state index contributed by atoms with van der Waals surface area (Å²) >= 11 is 0. The Kier molecular flexibility index (Phi) is 5.41. The maximum atomic E-state index is 10.9. The van der Waals surface area contributed by atoms with E-state index in [1.165, 1.54) is 19.4 Å². The molecule has 1 saturated carbocycles. The zero-order valence-electron chi connectivity index (χ0n) is 12.0. The van der Waals surface area contributed by atoms with E-state index in [0.29, 0.717) is 12.4 Å². The Balaban J connectivity index is 1.78. The number of aromatic carboxylic acids is 1. The highest BCUT2D eigenvalue weighted by molar-refractivity contribution is 5.87. The number of benzene rings is 1. The molecule has 0 bridgehead atoms. The molecule has 4 nitrogen and oxygen atoms in total. The van der Waals surface area contributed by atoms with E-state index in [2.05, 4.69) is 11.8 Å². The molecule has 0 heterocycles. The normalized spacial score (nSPS) is 14.5. The summed E-state index contributed by atoms with van der Waals surface area (Å²) in [6.07, 6.45) is 3.88. The van der Waals surface area contributed by atoms with E-state index in [0.717, 1.165) is 25.4 Å². The maximum absolute atomic E-state index is 10.9. The zero-order valence-corrected chi connectivity index (χ0v) is 12.0. The number of rotatable bonds is 9. The van der Waals surface area contributed by atoms with Gasteiger partial charge in [-0.05, 0) is 49.9 Å². The Bertz CT molecular complexity index is 443. The minimum absolute atomic E-state index is 0.269. The Hall–Kier alpha value is -1.55. The van der Waals surface area contributed by atoms with Crippen LogP contribution >= 0.6 is 0 Å². The van der Waals surface area contributed by atoms with Crippen LogP contribution in [0, 0.1) is 5.92 Å². The summed E-state index contributed by atoms with van der Waals surface area (Å²) in [4.78, 5) is 13.3. The van der Waals surface area contributed by atoms with Crippen LogP contribution in [-0.2, 0) is 0 Å². The van der Waals surface area contributed by atoms with Gasteiger partial charge in [-0.2, -0.15) is 0 Å². The van der Waals surface area contributed by atoms with Gasteiger partial charge >= 0.3 is 5.97 Å². The second kappa shape index (κ2) is 7.29. The van der Waals surface area contributed by atoms with E-state index in [1.807, 2.05) is 0 Å². The van der Waals surface area contributed by atoms with Crippen LogP contribution in [0.3, 0.4) is 0 Å². The molecule has 1 N–H and O–H groups in total. The summed E-state index contributed by atoms with van der Waals surface area (Å²) in [6.45, 7) is 5.98. The van der Waals surface area contributed by atoms with Crippen molar-refractivity contribution in [3.8, 4) is 5.75 Å². The highest BCUT2D eigenvalue weighted by Gasteiger charge is 2.23. The molecule has 1 aromatic carbocycles. The van der Waals surface area contributed by atoms with Crippen LogP contribution in [0.1, 0.15) is 36.5 Å². The summed E-state index contributed by atoms with van der Waals surface area (Å²) in [7, 11) is 0. The quantitative estimate of drug-likeness (QED) is 0.754. The van der Waals surface area contributed by atoms with Crippen molar-refractivity contribution in [3.63, 3.8) is 0 Å². The number of carbonyl (C=O) groups is 1. The first-order valence-electron chi connectivity index (χ1n) is 7.37. The maximum Gasteiger partial charge on any atom is 0.335 e. The molecule has 4 heteroatoms. The monoisotopic (exact) mass is 277 g/mol. The third kappa shape index (κ3) is 4.85. The fourth-order valence-corrected chi connectivity index (χ4v) is 2.29. The molecule has 20 heavy (non-hydrogen) atoms. The first-order valence-corrected chi connectivity index (χ1v) is 7.37. The lowest BCUT2D eigenvalue weighted by Crippen LogP contribution is -2.31. The molecular weight excluding hydrogens is 254 g/mol. The second-order valence-corrected chi connectivity index (χ2v) is 5.43. The van der Waals surface area contributed by atoms with Gasteiger partial charge in [0.25, 0.3) is 0 Å². The summed E-state index contributed by atoms with van der Waals surface area (Å²) < 4.78 is 5.67. The van der Waals surface area contributed by atoms with Crippen molar-refractivity contribution in [2.45, 2.75) is 26.2 Å². The highest BCUT2D eigenvalue weighted by atomic mass is 16.5. The van der Waals surface area contributed by atoms with Gasteiger partial charge in [0.2, 0.25) is 0 Å². The number of hydrogen-bond acceptors (Lipinski definition) is 3. The van der Waals surface area contributed by atoms with Crippen molar-refractivity contribution in [2.24, 2.45) is 5.92 Å². The third-order valence-electron chi connectivity index (χ3n) is 3.51. The van der Waals surface area contributed by atoms with Crippen molar-refractivity contribution in [3.05, 3.63) is 29.8 Å². The lowest BCUT2D eigenvalue weighted by Gasteiger charge is -2.21. The van der Waals surface area contributed by atoms with Crippen molar-refractivity contribution in [1.29, 1.82) is 0 Å². The van der Waals surface area contributed by atoms with Crippen LogP contribution in [0.15, 0.2) is 24.3 Å². The van der Waals surface area contributed by atoms with Crippen LogP contribution < -0.4 is 4.74 Å². The van der Waals surface area contributed by atoms with Crippen molar-refractivity contribution in [2.75, 3.05) is 26.2 Å². The van der Waals surface area contributed by atoms with E-state index in [1.54, 1.807) is 24.3 Å². The largest absolute Gasteiger partial charge is 0.492 e. The van der Waals surface area contributed by atoms with E-state index >= 15 is 0 Å². The molecule has 0 amide bonds. The fraction of sp³-hybridized carbons (Fsp3) is 0.562. The number of nitrogens with zero attached hydrogens (tertiary/aromatic N) is 1. The van der Waals surface area contributed by atoms with Gasteiger partial charge in [0.1, 0.15) is 12.4 Å². The zero-order chi connectivity index (χ0) is 14.4. The van der Waals surface area contributed by atoms with Gasteiger partial charge in [-0.1, -0.05) is 13.0 Å². The Morgan fingerprint density at radius 1 is 1.40 bits per heavy atom. The second-order valence-electron chi connectivity index (χ2n) is 5.43. The summed E-state index contributed by atoms with van der Waals surface area (Å²) in [6, 6.07) is 6.67. The number of hydrogen-bond donors (Lipinski definition) is 1. The first kappa shape index (κ1) is 14.9. The Morgan fingerprint density at radius 3 is 2.85 bits per heavy atom. The van der Waals surface area contributed by atoms with E-state index in [-0.39, 0.29) is 5.56 Å². The molecule has 0 unspecified atom stereocenters. The van der Waals surface area contributed by atoms with Crippen LogP contribution in [0.25, 0.3) is 0 Å². The summed E-state index contributed by atoms with van der Waals surface area (Å²) in [5.74, 6) is 0.599. The van der Waals surface area contributed by atoms with Gasteiger partial charge in [-0.25, -0.2) is 4.79 Å². The SMILES string of the molecule is CCCN(CCOc1cccc(C(=O)O)c1)CC1CC1. The van der Waals surface area contributed by atoms with E-state index in [4.69, 9.17) is 9.84 Å². The van der Waals surface area contributed by atoms with Crippen molar-refractivity contribution < 1.29 is 14.6 Å². The van der Waals surface area contributed by atoms with E-state index < -0.39 is 5.97 Å². The Labute approximate surface area is 120 Å². The lowest BCUT2D eigenvalue weighted by atomic mass is 10.2. The molecule has 1 aliphatic carbocycles. The molecule has 1 fully saturated rings. The van der Waals surface area contributed by atoms with Crippen molar-refractivity contribution >= 4 is 5.97 Å². The van der Waals surface area contributed by atoms with Gasteiger partial charge in [-0.3, -0.25) is 4.90 Å². The number of carboxylic acids is 1. The van der Waals surface area contributed by atoms with Gasteiger partial charge in [-0.15, -0.1) is 0 Å². The highest BCUT2D eigenvalue weighted by Crippen LogP contribution is 2.29. The molecular formula is C16H23NO3. The minimum atomic E-state index is -0.920. The molecule has 0 aliphatic heterocycles. The van der Waals surface area contributed by atoms with Gasteiger partial charge < -0.3 is 9.84 Å². The molecule has 1 aliphatic rings. The molecule has 0 atom stereocenters. The molecule has 0 radical (unpaired) electrons. The number of ether oxygens (including phenoxy) is 1. The topological polar surface area (TPSA) is 49.8 Å². The van der Waals surface area contributed by atoms with Gasteiger partial charge in [0, 0.05) is 13.1 Å². The number of carboxylic acid groups (broad SMARTS) is 1. The van der Waals surface area contributed by atoms with Gasteiger partial charge in [0.15, 0.2) is 0 Å². The predicted molar refractivity (Wildman–Crippen MR) is 78.4 cm³/mol. The molecule has 0 aromatic heterocycles. The average molecular weight is 277 g/mol. The molecule has 1 aromatic rings. The van der Waals surface area contributed by atoms with Gasteiger partial charge in [0.05, 0.1) is 5.56 Å². The van der Waals surface area contributed by atoms with E-state index in [9.17, 15) is 4.79 Å². The molecule has 110 valence electrons.